The van der Waals surface area contributed by atoms with Crippen molar-refractivity contribution in [2.75, 3.05) is 18.0 Å². The lowest BCUT2D eigenvalue weighted by Crippen LogP contribution is -2.73. The number of fused-ring (bicyclic) bond motifs is 1. The fourth-order valence-electron chi connectivity index (χ4n) is 2.79. The van der Waals surface area contributed by atoms with Gasteiger partial charge in [0.25, 0.3) is 0 Å². The van der Waals surface area contributed by atoms with Gasteiger partial charge in [0.05, 0.1) is 5.69 Å². The second kappa shape index (κ2) is 7.08. The lowest BCUT2D eigenvalue weighted by atomic mass is 10.1. The topological polar surface area (TPSA) is 40.1 Å². The summed E-state index contributed by atoms with van der Waals surface area (Å²) >= 11 is 1.75. The molecule has 2 aromatic carbocycles. The zero-order valence-electron chi connectivity index (χ0n) is 13.0. The van der Waals surface area contributed by atoms with Crippen molar-refractivity contribution in [1.82, 2.24) is 0 Å². The molecule has 1 aromatic heterocycles. The maximum Gasteiger partial charge on any atom is 0.164 e. The van der Waals surface area contributed by atoms with Crippen molar-refractivity contribution in [1.29, 1.82) is 0 Å². The minimum absolute atomic E-state index is 0.301. The fourth-order valence-corrected chi connectivity index (χ4v) is 3.79. The number of nitrogens with zero attached hydrogens (tertiary/aromatic N) is 1. The van der Waals surface area contributed by atoms with Crippen LogP contribution in [0.15, 0.2) is 47.8 Å². The third-order valence-corrected chi connectivity index (χ3v) is 5.07. The lowest BCUT2D eigenvalue weighted by molar-refractivity contribution is -0.825. The second-order valence-electron chi connectivity index (χ2n) is 5.43. The highest BCUT2D eigenvalue weighted by molar-refractivity contribution is 7.17. The summed E-state index contributed by atoms with van der Waals surface area (Å²) in [6.45, 7) is 3.52. The molecule has 0 atom stereocenters. The van der Waals surface area contributed by atoms with E-state index in [2.05, 4.69) is 29.6 Å². The van der Waals surface area contributed by atoms with Crippen LogP contribution in [0.2, 0.25) is 0 Å². The first-order valence-corrected chi connectivity index (χ1v) is 8.58. The Hall–Kier alpha value is -1.95. The average molecular weight is 331 g/mol. The number of halogens is 1. The Morgan fingerprint density at radius 1 is 1.22 bits per heavy atom. The average Bonchev–Trinajstić information content (AvgIpc) is 2.99. The highest BCUT2D eigenvalue weighted by Gasteiger charge is 2.13. The molecule has 3 nitrogen and oxygen atoms in total. The van der Waals surface area contributed by atoms with E-state index in [1.165, 1.54) is 21.7 Å². The molecule has 3 aromatic rings. The van der Waals surface area contributed by atoms with Crippen LogP contribution in [0.1, 0.15) is 12.5 Å². The first kappa shape index (κ1) is 15.9. The van der Waals surface area contributed by atoms with E-state index in [1.54, 1.807) is 23.5 Å². The number of likely N-dealkylation sites (N-methyl/N-ethyl adjacent to an activating group) is 1. The molecule has 0 fully saturated rings. The van der Waals surface area contributed by atoms with Crippen LogP contribution >= 0.6 is 11.3 Å². The highest BCUT2D eigenvalue weighted by atomic mass is 32.1. The van der Waals surface area contributed by atoms with Gasteiger partial charge in [-0.15, -0.1) is 11.3 Å². The summed E-state index contributed by atoms with van der Waals surface area (Å²) in [5.74, 6) is -0.301. The minimum atomic E-state index is -0.301. The van der Waals surface area contributed by atoms with Gasteiger partial charge in [0, 0.05) is 29.9 Å². The molecule has 3 rings (SSSR count). The van der Waals surface area contributed by atoms with E-state index in [0.29, 0.717) is 11.4 Å². The van der Waals surface area contributed by atoms with Crippen LogP contribution in [0.25, 0.3) is 10.1 Å². The van der Waals surface area contributed by atoms with E-state index in [4.69, 9.17) is 5.21 Å². The van der Waals surface area contributed by atoms with Gasteiger partial charge in [-0.25, -0.2) is 9.60 Å². The van der Waals surface area contributed by atoms with Gasteiger partial charge < -0.3 is 4.90 Å². The predicted molar refractivity (Wildman–Crippen MR) is 93.2 cm³/mol. The molecule has 3 N–H and O–H groups in total. The molecule has 0 unspecified atom stereocenters. The van der Waals surface area contributed by atoms with Gasteiger partial charge in [-0.05, 0) is 41.8 Å². The predicted octanol–water partition coefficient (Wildman–Crippen LogP) is 3.69. The largest absolute Gasteiger partial charge is 0.369 e. The minimum Gasteiger partial charge on any atom is -0.369 e. The van der Waals surface area contributed by atoms with Crippen LogP contribution in [0.5, 0.6) is 0 Å². The zero-order chi connectivity index (χ0) is 16.2. The molecular weight excluding hydrogens is 311 g/mol. The van der Waals surface area contributed by atoms with E-state index in [9.17, 15) is 4.39 Å². The smallest absolute Gasteiger partial charge is 0.164 e. The van der Waals surface area contributed by atoms with Crippen LogP contribution in [0.3, 0.4) is 0 Å². The van der Waals surface area contributed by atoms with E-state index >= 15 is 0 Å². The summed E-state index contributed by atoms with van der Waals surface area (Å²) in [6.07, 6.45) is 0.880. The zero-order valence-corrected chi connectivity index (χ0v) is 13.8. The maximum atomic E-state index is 14.2. The Morgan fingerprint density at radius 2 is 2.04 bits per heavy atom. The van der Waals surface area contributed by atoms with Gasteiger partial charge in [-0.1, -0.05) is 18.2 Å². The molecule has 0 saturated carbocycles. The van der Waals surface area contributed by atoms with E-state index < -0.39 is 0 Å². The summed E-state index contributed by atoms with van der Waals surface area (Å²) in [6, 6.07) is 13.2. The monoisotopic (exact) mass is 331 g/mol. The lowest BCUT2D eigenvalue weighted by Gasteiger charge is -2.23. The van der Waals surface area contributed by atoms with Crippen molar-refractivity contribution >= 4 is 32.8 Å². The number of benzene rings is 2. The van der Waals surface area contributed by atoms with E-state index in [-0.39, 0.29) is 5.82 Å². The molecule has 120 valence electrons. The number of hydrogen-bond acceptors (Lipinski definition) is 3. The highest BCUT2D eigenvalue weighted by Crippen LogP contribution is 2.27. The summed E-state index contributed by atoms with van der Waals surface area (Å²) in [5.41, 5.74) is 3.29. The number of nitrogens with two attached hydrogens (primary N) is 1. The van der Waals surface area contributed by atoms with Crippen LogP contribution in [-0.2, 0) is 6.42 Å². The molecule has 0 saturated heterocycles. The molecular formula is C18H20FN2OS+. The number of hydrogen-bond donors (Lipinski definition) is 2. The molecule has 0 amide bonds. The van der Waals surface area contributed by atoms with Crippen molar-refractivity contribution < 1.29 is 15.1 Å². The second-order valence-corrected chi connectivity index (χ2v) is 6.34. The summed E-state index contributed by atoms with van der Waals surface area (Å²) < 4.78 is 15.5. The number of quaternary nitrogens is 1. The van der Waals surface area contributed by atoms with Gasteiger partial charge in [0.1, 0.15) is 0 Å². The fraction of sp³-hybridized carbons (Fsp3) is 0.222. The first-order chi connectivity index (χ1) is 11.2. The standard InChI is InChI=1S/C18H19FN2OS/c1-2-21(17-8-7-14(20-22)11-16(17)19)10-9-13-12-23-18-6-4-3-5-15(13)18/h3-8,11-12,20,22H,2,9-10H2,1H3/p+1. The molecule has 0 aliphatic heterocycles. The van der Waals surface area contributed by atoms with Crippen molar-refractivity contribution in [2.24, 2.45) is 0 Å². The number of thiophene rings is 1. The van der Waals surface area contributed by atoms with Gasteiger partial charge in [0.15, 0.2) is 11.5 Å². The van der Waals surface area contributed by atoms with Gasteiger partial charge in [0.2, 0.25) is 0 Å². The van der Waals surface area contributed by atoms with Crippen molar-refractivity contribution in [3.05, 3.63) is 59.2 Å². The van der Waals surface area contributed by atoms with E-state index in [1.807, 2.05) is 11.8 Å². The van der Waals surface area contributed by atoms with Crippen LogP contribution in [0, 0.1) is 5.82 Å². The van der Waals surface area contributed by atoms with Crippen molar-refractivity contribution in [3.8, 4) is 0 Å². The summed E-state index contributed by atoms with van der Waals surface area (Å²) in [5, 5.41) is 12.5. The van der Waals surface area contributed by atoms with E-state index in [0.717, 1.165) is 25.0 Å². The van der Waals surface area contributed by atoms with Crippen molar-refractivity contribution in [3.63, 3.8) is 0 Å². The Kier molecular flexibility index (Phi) is 4.91. The Labute approximate surface area is 138 Å². The van der Waals surface area contributed by atoms with Gasteiger partial charge >= 0.3 is 0 Å². The Morgan fingerprint density at radius 3 is 2.78 bits per heavy atom. The van der Waals surface area contributed by atoms with Crippen LogP contribution in [-0.4, -0.2) is 18.3 Å². The SMILES string of the molecule is CCN(CCc1csc2ccccc12)c1ccc([NH2+]O)cc1F. The molecule has 0 spiro atoms. The Bertz CT molecular complexity index is 803. The number of rotatable bonds is 6. The third kappa shape index (κ3) is 3.37. The molecule has 23 heavy (non-hydrogen) atoms. The maximum absolute atomic E-state index is 14.2. The number of anilines is 1. The summed E-state index contributed by atoms with van der Waals surface area (Å²) in [7, 11) is 0. The summed E-state index contributed by atoms with van der Waals surface area (Å²) in [4.78, 5) is 2.03. The third-order valence-electron chi connectivity index (χ3n) is 4.06. The molecule has 0 aliphatic carbocycles. The van der Waals surface area contributed by atoms with Gasteiger partial charge in [-0.2, -0.15) is 5.48 Å². The van der Waals surface area contributed by atoms with Crippen LogP contribution < -0.4 is 10.4 Å². The molecule has 0 aliphatic rings. The molecule has 5 heteroatoms. The molecule has 0 bridgehead atoms. The normalized spacial score (nSPS) is 11.1. The van der Waals surface area contributed by atoms with Gasteiger partial charge in [-0.3, -0.25) is 0 Å². The first-order valence-electron chi connectivity index (χ1n) is 7.70. The van der Waals surface area contributed by atoms with Crippen molar-refractivity contribution in [2.45, 2.75) is 13.3 Å². The quantitative estimate of drug-likeness (QED) is 0.534. The van der Waals surface area contributed by atoms with Crippen LogP contribution in [0.4, 0.5) is 15.8 Å². The molecule has 1 heterocycles. The Balaban J connectivity index is 1.77. The molecule has 0 radical (unpaired) electrons.